The molecular formula is C22H28N4O2S. The molecular weight excluding hydrogens is 384 g/mol. The summed E-state index contributed by atoms with van der Waals surface area (Å²) in [6, 6.07) is 8.14. The number of benzene rings is 1. The van der Waals surface area contributed by atoms with Gasteiger partial charge in [0.05, 0.1) is 5.75 Å². The van der Waals surface area contributed by atoms with Crippen molar-refractivity contribution in [3.05, 3.63) is 51.6 Å². The Morgan fingerprint density at radius 3 is 2.83 bits per heavy atom. The van der Waals surface area contributed by atoms with Crippen LogP contribution < -0.4 is 10.6 Å². The molecule has 0 spiro atoms. The average Bonchev–Trinajstić information content (AvgIpc) is 3.20. The lowest BCUT2D eigenvalue weighted by molar-refractivity contribution is -0.116. The van der Waals surface area contributed by atoms with Gasteiger partial charge >= 0.3 is 5.69 Å². The van der Waals surface area contributed by atoms with E-state index in [2.05, 4.69) is 16.0 Å². The maximum atomic E-state index is 13.0. The Labute approximate surface area is 175 Å². The van der Waals surface area contributed by atoms with Gasteiger partial charge in [0.1, 0.15) is 5.03 Å². The van der Waals surface area contributed by atoms with Gasteiger partial charge in [-0.1, -0.05) is 30.0 Å². The molecule has 1 aliphatic heterocycles. The van der Waals surface area contributed by atoms with E-state index in [0.29, 0.717) is 12.3 Å². The van der Waals surface area contributed by atoms with E-state index in [1.807, 2.05) is 41.8 Å². The summed E-state index contributed by atoms with van der Waals surface area (Å²) in [6.45, 7) is 2.23. The standard InChI is InChI=1S/C22H28N4O2S/c1-24(2)13-14-26-19-11-5-9-17(19)21(23-22(26)28)29-15-20(27)25-12-6-8-16-7-3-4-10-18(16)25/h3-4,7,10H,5-6,8-9,11-15H2,1-2H3. The molecule has 2 aliphatic rings. The van der Waals surface area contributed by atoms with E-state index >= 15 is 0 Å². The number of thioether (sulfide) groups is 1. The highest BCUT2D eigenvalue weighted by Gasteiger charge is 2.25. The first-order valence-corrected chi connectivity index (χ1v) is 11.3. The van der Waals surface area contributed by atoms with Crippen molar-refractivity contribution in [1.82, 2.24) is 14.5 Å². The number of anilines is 1. The minimum absolute atomic E-state index is 0.0903. The van der Waals surface area contributed by atoms with Crippen LogP contribution in [0.25, 0.3) is 0 Å². The molecule has 2 aromatic rings. The van der Waals surface area contributed by atoms with Gasteiger partial charge in [-0.2, -0.15) is 4.98 Å². The first-order chi connectivity index (χ1) is 14.0. The van der Waals surface area contributed by atoms with Crippen molar-refractivity contribution in [2.75, 3.05) is 37.8 Å². The topological polar surface area (TPSA) is 58.4 Å². The Morgan fingerprint density at radius 1 is 1.17 bits per heavy atom. The van der Waals surface area contributed by atoms with Gasteiger partial charge in [-0.25, -0.2) is 4.79 Å². The number of para-hydroxylation sites is 1. The Morgan fingerprint density at radius 2 is 2.00 bits per heavy atom. The third-order valence-electron chi connectivity index (χ3n) is 5.72. The Hall–Kier alpha value is -2.12. The minimum atomic E-state index is -0.189. The first kappa shape index (κ1) is 20.2. The number of aryl methyl sites for hydroxylation is 1. The summed E-state index contributed by atoms with van der Waals surface area (Å²) in [6.07, 6.45) is 4.91. The van der Waals surface area contributed by atoms with Crippen LogP contribution in [0.15, 0.2) is 34.1 Å². The summed E-state index contributed by atoms with van der Waals surface area (Å²) in [7, 11) is 4.01. The van der Waals surface area contributed by atoms with Crippen molar-refractivity contribution in [3.8, 4) is 0 Å². The quantitative estimate of drug-likeness (QED) is 0.539. The molecule has 0 bridgehead atoms. The molecule has 0 radical (unpaired) electrons. The van der Waals surface area contributed by atoms with Gasteiger partial charge in [-0.3, -0.25) is 9.36 Å². The lowest BCUT2D eigenvalue weighted by Gasteiger charge is -2.29. The van der Waals surface area contributed by atoms with Gasteiger partial charge in [0.2, 0.25) is 5.91 Å². The molecule has 0 unspecified atom stereocenters. The molecule has 0 saturated heterocycles. The summed E-state index contributed by atoms with van der Waals surface area (Å²) in [5.74, 6) is 0.405. The second-order valence-electron chi connectivity index (χ2n) is 8.00. The number of hydrogen-bond donors (Lipinski definition) is 0. The third-order valence-corrected chi connectivity index (χ3v) is 6.72. The monoisotopic (exact) mass is 412 g/mol. The van der Waals surface area contributed by atoms with Gasteiger partial charge in [-0.05, 0) is 57.8 Å². The highest BCUT2D eigenvalue weighted by Crippen LogP contribution is 2.31. The van der Waals surface area contributed by atoms with Gasteiger partial charge in [0.15, 0.2) is 0 Å². The van der Waals surface area contributed by atoms with Gasteiger partial charge < -0.3 is 9.80 Å². The molecule has 4 rings (SSSR count). The predicted molar refractivity (Wildman–Crippen MR) is 117 cm³/mol. The van der Waals surface area contributed by atoms with Crippen LogP contribution in [0.3, 0.4) is 0 Å². The molecule has 1 aromatic heterocycles. The van der Waals surface area contributed by atoms with Crippen LogP contribution in [-0.2, 0) is 30.6 Å². The Kier molecular flexibility index (Phi) is 6.06. The molecule has 6 nitrogen and oxygen atoms in total. The second-order valence-corrected chi connectivity index (χ2v) is 8.96. The number of nitrogens with zero attached hydrogens (tertiary/aromatic N) is 4. The van der Waals surface area contributed by atoms with E-state index in [4.69, 9.17) is 0 Å². The lowest BCUT2D eigenvalue weighted by atomic mass is 10.0. The molecule has 1 aromatic carbocycles. The van der Waals surface area contributed by atoms with Crippen LogP contribution >= 0.6 is 11.8 Å². The summed E-state index contributed by atoms with van der Waals surface area (Å²) < 4.78 is 1.83. The molecule has 0 atom stereocenters. The van der Waals surface area contributed by atoms with Crippen LogP contribution in [0.1, 0.15) is 29.7 Å². The Bertz CT molecular complexity index is 970. The number of carbonyl (C=O) groups is 1. The fourth-order valence-electron chi connectivity index (χ4n) is 4.24. The predicted octanol–water partition coefficient (Wildman–Crippen LogP) is 2.37. The molecule has 2 heterocycles. The molecule has 29 heavy (non-hydrogen) atoms. The maximum absolute atomic E-state index is 13.0. The minimum Gasteiger partial charge on any atom is -0.311 e. The Balaban J connectivity index is 1.51. The number of fused-ring (bicyclic) bond motifs is 2. The van der Waals surface area contributed by atoms with Gasteiger partial charge in [0, 0.05) is 36.6 Å². The highest BCUT2D eigenvalue weighted by atomic mass is 32.2. The summed E-state index contributed by atoms with van der Waals surface area (Å²) in [5.41, 5.74) is 4.36. The molecule has 1 aliphatic carbocycles. The molecule has 0 saturated carbocycles. The van der Waals surface area contributed by atoms with Crippen molar-refractivity contribution in [2.24, 2.45) is 0 Å². The highest BCUT2D eigenvalue weighted by molar-refractivity contribution is 8.00. The SMILES string of the molecule is CN(C)CCn1c2c(c(SCC(=O)N3CCCc4ccccc43)nc1=O)CCC2. The normalized spacial score (nSPS) is 15.5. The zero-order chi connectivity index (χ0) is 20.4. The van der Waals surface area contributed by atoms with Crippen molar-refractivity contribution < 1.29 is 4.79 Å². The summed E-state index contributed by atoms with van der Waals surface area (Å²) >= 11 is 1.42. The van der Waals surface area contributed by atoms with E-state index in [9.17, 15) is 9.59 Å². The molecule has 0 fully saturated rings. The van der Waals surface area contributed by atoms with Crippen molar-refractivity contribution >= 4 is 23.4 Å². The number of likely N-dealkylation sites (N-methyl/N-ethyl adjacent to an activating group) is 1. The van der Waals surface area contributed by atoms with Crippen LogP contribution in [0.4, 0.5) is 5.69 Å². The number of hydrogen-bond acceptors (Lipinski definition) is 5. The number of rotatable bonds is 6. The fourth-order valence-corrected chi connectivity index (χ4v) is 5.19. The van der Waals surface area contributed by atoms with Gasteiger partial charge in [0.25, 0.3) is 0 Å². The van der Waals surface area contributed by atoms with Crippen LogP contribution in [0, 0.1) is 0 Å². The molecule has 7 heteroatoms. The zero-order valence-corrected chi connectivity index (χ0v) is 18.0. The van der Waals surface area contributed by atoms with Gasteiger partial charge in [-0.15, -0.1) is 0 Å². The smallest absolute Gasteiger partial charge is 0.311 e. The zero-order valence-electron chi connectivity index (χ0n) is 17.2. The largest absolute Gasteiger partial charge is 0.348 e. The van der Waals surface area contributed by atoms with Crippen molar-refractivity contribution in [2.45, 2.75) is 43.7 Å². The molecule has 154 valence electrons. The van der Waals surface area contributed by atoms with Crippen LogP contribution in [0.2, 0.25) is 0 Å². The number of carbonyl (C=O) groups excluding carboxylic acids is 1. The van der Waals surface area contributed by atoms with E-state index in [1.54, 1.807) is 0 Å². The average molecular weight is 413 g/mol. The molecule has 1 amide bonds. The van der Waals surface area contributed by atoms with E-state index < -0.39 is 0 Å². The number of amides is 1. The fraction of sp³-hybridized carbons (Fsp3) is 0.500. The second kappa shape index (κ2) is 8.71. The summed E-state index contributed by atoms with van der Waals surface area (Å²) in [5, 5.41) is 0.752. The van der Waals surface area contributed by atoms with Crippen molar-refractivity contribution in [1.29, 1.82) is 0 Å². The maximum Gasteiger partial charge on any atom is 0.348 e. The third kappa shape index (κ3) is 4.26. The van der Waals surface area contributed by atoms with Crippen LogP contribution in [0.5, 0.6) is 0 Å². The van der Waals surface area contributed by atoms with Crippen LogP contribution in [-0.4, -0.2) is 53.3 Å². The lowest BCUT2D eigenvalue weighted by Crippen LogP contribution is -2.36. The van der Waals surface area contributed by atoms with E-state index in [1.165, 1.54) is 22.9 Å². The van der Waals surface area contributed by atoms with Crippen molar-refractivity contribution in [3.63, 3.8) is 0 Å². The summed E-state index contributed by atoms with van der Waals surface area (Å²) in [4.78, 5) is 33.9. The van der Waals surface area contributed by atoms with E-state index in [-0.39, 0.29) is 11.6 Å². The van der Waals surface area contributed by atoms with E-state index in [0.717, 1.165) is 61.6 Å². The first-order valence-electron chi connectivity index (χ1n) is 10.3. The number of aromatic nitrogens is 2. The molecule has 0 N–H and O–H groups in total.